The fourth-order valence-electron chi connectivity index (χ4n) is 2.49. The zero-order valence-corrected chi connectivity index (χ0v) is 17.9. The number of hydrogen-bond acceptors (Lipinski definition) is 4. The number of esters is 1. The number of rotatable bonds is 10. The molecule has 1 atom stereocenters. The summed E-state index contributed by atoms with van der Waals surface area (Å²) in [5, 5.41) is 0. The van der Waals surface area contributed by atoms with Crippen LogP contribution in [-0.2, 0) is 15.7 Å². The molecule has 0 aromatic heterocycles. The van der Waals surface area contributed by atoms with Crippen molar-refractivity contribution in [2.75, 3.05) is 13.2 Å². The molecular weight excluding hydrogens is 387 g/mol. The van der Waals surface area contributed by atoms with Gasteiger partial charge in [-0.15, -0.1) is 0 Å². The summed E-state index contributed by atoms with van der Waals surface area (Å²) < 4.78 is 20.3. The fraction of sp³-hybridized carbons (Fsp3) is 0.941. The first-order chi connectivity index (χ1) is 10.4. The molecular formula is C17H34O4Sn. The van der Waals surface area contributed by atoms with Gasteiger partial charge in [0, 0.05) is 0 Å². The molecule has 4 nitrogen and oxygen atoms in total. The first-order valence-corrected chi connectivity index (χ1v) is 15.2. The molecule has 1 aliphatic heterocycles. The molecule has 0 saturated carbocycles. The molecule has 0 aliphatic carbocycles. The molecule has 0 spiro atoms. The zero-order chi connectivity index (χ0) is 16.6. The van der Waals surface area contributed by atoms with E-state index in [4.69, 9.17) is 10.9 Å². The van der Waals surface area contributed by atoms with Gasteiger partial charge in [0.25, 0.3) is 0 Å². The molecule has 0 N–H and O–H groups in total. The summed E-state index contributed by atoms with van der Waals surface area (Å²) in [7, 11) is 0. The van der Waals surface area contributed by atoms with Crippen molar-refractivity contribution in [3.8, 4) is 0 Å². The van der Waals surface area contributed by atoms with Gasteiger partial charge in [-0.3, -0.25) is 0 Å². The van der Waals surface area contributed by atoms with Crippen molar-refractivity contribution >= 4 is 25.2 Å². The summed E-state index contributed by atoms with van der Waals surface area (Å²) in [4.78, 5) is 12.1. The number of carbonyl (C=O) groups excluding carboxylic acids is 1. The second-order valence-corrected chi connectivity index (χ2v) is 16.6. The predicted octanol–water partition coefficient (Wildman–Crippen LogP) is 4.42. The minimum atomic E-state index is -2.87. The molecule has 1 heterocycles. The molecule has 22 heavy (non-hydrogen) atoms. The summed E-state index contributed by atoms with van der Waals surface area (Å²) in [6.45, 7) is 11.2. The van der Waals surface area contributed by atoms with Crippen molar-refractivity contribution in [3.63, 3.8) is 0 Å². The molecule has 1 aliphatic rings. The summed E-state index contributed by atoms with van der Waals surface area (Å²) in [6, 6.07) is 0. The number of ether oxygens (including phenoxy) is 1. The zero-order valence-electron chi connectivity index (χ0n) is 15.1. The predicted molar refractivity (Wildman–Crippen MR) is 91.0 cm³/mol. The van der Waals surface area contributed by atoms with Gasteiger partial charge >= 0.3 is 141 Å². The van der Waals surface area contributed by atoms with Crippen LogP contribution in [0.2, 0.25) is 8.87 Å². The average molecular weight is 421 g/mol. The Morgan fingerprint density at radius 1 is 1.18 bits per heavy atom. The van der Waals surface area contributed by atoms with Gasteiger partial charge in [-0.05, 0) is 0 Å². The number of hydrogen-bond donors (Lipinski definition) is 0. The summed E-state index contributed by atoms with van der Waals surface area (Å²) >= 11 is -2.87. The van der Waals surface area contributed by atoms with Crippen LogP contribution in [0.1, 0.15) is 66.7 Å². The van der Waals surface area contributed by atoms with Crippen molar-refractivity contribution < 1.29 is 15.7 Å². The molecule has 0 aromatic rings. The van der Waals surface area contributed by atoms with Crippen LogP contribution in [0.25, 0.3) is 0 Å². The summed E-state index contributed by atoms with van der Waals surface area (Å²) in [5.41, 5.74) is -0.412. The van der Waals surface area contributed by atoms with Crippen LogP contribution in [0.15, 0.2) is 0 Å². The van der Waals surface area contributed by atoms with Gasteiger partial charge < -0.3 is 0 Å². The van der Waals surface area contributed by atoms with Gasteiger partial charge in [0.2, 0.25) is 0 Å². The van der Waals surface area contributed by atoms with E-state index in [1.165, 1.54) is 25.7 Å². The van der Waals surface area contributed by atoms with E-state index < -0.39 is 24.6 Å². The monoisotopic (exact) mass is 422 g/mol. The fourth-order valence-corrected chi connectivity index (χ4v) is 13.5. The van der Waals surface area contributed by atoms with Crippen LogP contribution in [0, 0.1) is 5.41 Å². The van der Waals surface area contributed by atoms with Crippen LogP contribution < -0.4 is 0 Å². The first kappa shape index (κ1) is 20.2. The Bertz CT molecular complexity index is 336. The van der Waals surface area contributed by atoms with Gasteiger partial charge in [0.15, 0.2) is 0 Å². The normalized spacial score (nSPS) is 21.0. The molecule has 1 fully saturated rings. The minimum absolute atomic E-state index is 0.0406. The van der Waals surface area contributed by atoms with E-state index in [2.05, 4.69) is 13.8 Å². The maximum atomic E-state index is 12.1. The molecule has 5 heteroatoms. The molecule has 1 unspecified atom stereocenters. The maximum absolute atomic E-state index is 12.1. The van der Waals surface area contributed by atoms with Crippen molar-refractivity contribution in [1.82, 2.24) is 0 Å². The molecule has 0 bridgehead atoms. The Labute approximate surface area is 141 Å². The topological polar surface area (TPSA) is 44.8 Å². The number of unbranched alkanes of at least 4 members (excludes halogenated alkanes) is 2. The molecule has 1 rings (SSSR count). The van der Waals surface area contributed by atoms with Crippen LogP contribution in [0.5, 0.6) is 0 Å². The van der Waals surface area contributed by atoms with E-state index in [9.17, 15) is 4.79 Å². The van der Waals surface area contributed by atoms with Crippen molar-refractivity contribution in [2.45, 2.75) is 81.7 Å². The van der Waals surface area contributed by atoms with Gasteiger partial charge in [-0.25, -0.2) is 0 Å². The quantitative estimate of drug-likeness (QED) is 0.387. The first-order valence-electron chi connectivity index (χ1n) is 8.88. The van der Waals surface area contributed by atoms with E-state index in [0.29, 0.717) is 13.2 Å². The van der Waals surface area contributed by atoms with Crippen LogP contribution in [0.3, 0.4) is 0 Å². The van der Waals surface area contributed by atoms with Crippen LogP contribution in [-0.4, -0.2) is 44.5 Å². The van der Waals surface area contributed by atoms with Gasteiger partial charge in [0.1, 0.15) is 0 Å². The van der Waals surface area contributed by atoms with Crippen molar-refractivity contribution in [2.24, 2.45) is 5.41 Å². The molecule has 0 radical (unpaired) electrons. The second-order valence-electron chi connectivity index (χ2n) is 7.00. The van der Waals surface area contributed by atoms with Crippen molar-refractivity contribution in [1.29, 1.82) is 0 Å². The van der Waals surface area contributed by atoms with Crippen LogP contribution in [0.4, 0.5) is 0 Å². The van der Waals surface area contributed by atoms with Gasteiger partial charge in [-0.1, -0.05) is 0 Å². The van der Waals surface area contributed by atoms with Crippen molar-refractivity contribution in [3.05, 3.63) is 0 Å². The summed E-state index contributed by atoms with van der Waals surface area (Å²) in [5.74, 6) is -0.131. The Kier molecular flexibility index (Phi) is 8.72. The summed E-state index contributed by atoms with van der Waals surface area (Å²) in [6.07, 6.45) is 5.49. The van der Waals surface area contributed by atoms with E-state index in [1.807, 2.05) is 20.8 Å². The molecule has 130 valence electrons. The number of carbonyl (C=O) groups is 1. The van der Waals surface area contributed by atoms with Crippen LogP contribution >= 0.6 is 0 Å². The average Bonchev–Trinajstić information content (AvgIpc) is 2.92. The molecule has 0 amide bonds. The third-order valence-electron chi connectivity index (χ3n) is 4.57. The second kappa shape index (κ2) is 9.48. The Balaban J connectivity index is 2.49. The SMILES string of the molecule is CCC[CH2][Sn]1([CH2]CCC)[O]CC(COC(=O)C(C)(C)CC)[O]1. The van der Waals surface area contributed by atoms with E-state index in [0.717, 1.165) is 15.3 Å². The Hall–Kier alpha value is 0.189. The van der Waals surface area contributed by atoms with E-state index in [-0.39, 0.29) is 12.1 Å². The third-order valence-corrected chi connectivity index (χ3v) is 15.1. The molecule has 1 saturated heterocycles. The Morgan fingerprint density at radius 2 is 1.77 bits per heavy atom. The van der Waals surface area contributed by atoms with Gasteiger partial charge in [0.05, 0.1) is 0 Å². The standard InChI is InChI=1S/C9H16O4.2C4H9.Sn/c1-4-9(2,3)8(12)13-6-7(11)5-10;2*1-3-4-2;/h7H,4-6H2,1-3H3;2*1,3-4H2,2H3;/q-2;;;+2. The molecule has 0 aromatic carbocycles. The van der Waals surface area contributed by atoms with E-state index in [1.54, 1.807) is 0 Å². The van der Waals surface area contributed by atoms with E-state index >= 15 is 0 Å². The Morgan fingerprint density at radius 3 is 2.27 bits per heavy atom. The van der Waals surface area contributed by atoms with Gasteiger partial charge in [-0.2, -0.15) is 0 Å². The third kappa shape index (κ3) is 6.00.